The minimum atomic E-state index is -0.455. The van der Waals surface area contributed by atoms with E-state index < -0.39 is 5.82 Å². The van der Waals surface area contributed by atoms with Crippen molar-refractivity contribution in [2.24, 2.45) is 0 Å². The van der Waals surface area contributed by atoms with Crippen molar-refractivity contribution in [3.63, 3.8) is 0 Å². The van der Waals surface area contributed by atoms with E-state index in [0.717, 1.165) is 19.6 Å². The van der Waals surface area contributed by atoms with Gasteiger partial charge in [0.25, 0.3) is 0 Å². The van der Waals surface area contributed by atoms with Gasteiger partial charge in [0.2, 0.25) is 0 Å². The molecule has 1 aliphatic rings. The summed E-state index contributed by atoms with van der Waals surface area (Å²) in [5, 5.41) is 0. The summed E-state index contributed by atoms with van der Waals surface area (Å²) in [5.41, 5.74) is 6.09. The van der Waals surface area contributed by atoms with Crippen LogP contribution in [0.1, 0.15) is 26.7 Å². The van der Waals surface area contributed by atoms with Crippen LogP contribution in [0.3, 0.4) is 0 Å². The van der Waals surface area contributed by atoms with Crippen LogP contribution in [0.2, 0.25) is 0 Å². The summed E-state index contributed by atoms with van der Waals surface area (Å²) in [5.74, 6) is 0.217. The van der Waals surface area contributed by atoms with E-state index in [-0.39, 0.29) is 11.9 Å². The van der Waals surface area contributed by atoms with Crippen molar-refractivity contribution >= 4 is 5.69 Å². The summed E-state index contributed by atoms with van der Waals surface area (Å²) in [6.07, 6.45) is 2.42. The van der Waals surface area contributed by atoms with Crippen LogP contribution in [0.5, 0.6) is 11.5 Å². The highest BCUT2D eigenvalue weighted by molar-refractivity contribution is 5.56. The highest BCUT2D eigenvalue weighted by atomic mass is 19.1. The van der Waals surface area contributed by atoms with Gasteiger partial charge in [-0.05, 0) is 39.8 Å². The zero-order chi connectivity index (χ0) is 14.5. The third-order valence-corrected chi connectivity index (χ3v) is 3.29. The first-order chi connectivity index (χ1) is 9.56. The molecule has 0 saturated carbocycles. The van der Waals surface area contributed by atoms with E-state index in [1.807, 2.05) is 13.8 Å². The SMILES string of the molecule is CC(C)Oc1cc(OCCN2CCCC2)c(N)cc1F. The molecule has 1 aliphatic heterocycles. The second-order valence-electron chi connectivity index (χ2n) is 5.38. The number of likely N-dealkylation sites (tertiary alicyclic amines) is 1. The van der Waals surface area contributed by atoms with Gasteiger partial charge in [-0.1, -0.05) is 0 Å². The average Bonchev–Trinajstić information content (AvgIpc) is 2.87. The van der Waals surface area contributed by atoms with E-state index in [1.165, 1.54) is 25.0 Å². The van der Waals surface area contributed by atoms with Crippen LogP contribution in [-0.2, 0) is 0 Å². The Morgan fingerprint density at radius 1 is 1.25 bits per heavy atom. The van der Waals surface area contributed by atoms with Crippen LogP contribution in [0, 0.1) is 5.82 Å². The summed E-state index contributed by atoms with van der Waals surface area (Å²) in [7, 11) is 0. The molecule has 1 aromatic carbocycles. The van der Waals surface area contributed by atoms with Crippen molar-refractivity contribution in [1.82, 2.24) is 4.90 Å². The van der Waals surface area contributed by atoms with E-state index in [0.29, 0.717) is 18.0 Å². The number of hydrogen-bond donors (Lipinski definition) is 1. The molecule has 2 N–H and O–H groups in total. The molecule has 112 valence electrons. The maximum atomic E-state index is 13.7. The second kappa shape index (κ2) is 6.79. The Morgan fingerprint density at radius 3 is 2.60 bits per heavy atom. The molecule has 1 aromatic rings. The Bertz CT molecular complexity index is 446. The van der Waals surface area contributed by atoms with E-state index in [2.05, 4.69) is 4.90 Å². The van der Waals surface area contributed by atoms with Gasteiger partial charge in [-0.2, -0.15) is 0 Å². The number of hydrogen-bond acceptors (Lipinski definition) is 4. The van der Waals surface area contributed by atoms with E-state index in [1.54, 1.807) is 0 Å². The summed E-state index contributed by atoms with van der Waals surface area (Å²) in [6.45, 7) is 7.38. The molecule has 0 radical (unpaired) electrons. The molecule has 1 heterocycles. The first kappa shape index (κ1) is 14.9. The van der Waals surface area contributed by atoms with Crippen molar-refractivity contribution in [1.29, 1.82) is 0 Å². The Kier molecular flexibility index (Phi) is 5.06. The third kappa shape index (κ3) is 4.00. The standard InChI is InChI=1S/C15H23FN2O2/c1-11(2)20-14-10-15(13(17)9-12(14)16)19-8-7-18-5-3-4-6-18/h9-11H,3-8,17H2,1-2H3. The van der Waals surface area contributed by atoms with Gasteiger partial charge < -0.3 is 15.2 Å². The fraction of sp³-hybridized carbons (Fsp3) is 0.600. The molecule has 0 aromatic heterocycles. The lowest BCUT2D eigenvalue weighted by atomic mass is 10.2. The Hall–Kier alpha value is -1.49. The number of rotatable bonds is 6. The molecule has 4 nitrogen and oxygen atoms in total. The zero-order valence-corrected chi connectivity index (χ0v) is 12.2. The zero-order valence-electron chi connectivity index (χ0n) is 12.2. The van der Waals surface area contributed by atoms with Crippen molar-refractivity contribution in [3.05, 3.63) is 17.9 Å². The first-order valence-corrected chi connectivity index (χ1v) is 7.17. The van der Waals surface area contributed by atoms with Crippen molar-refractivity contribution in [2.45, 2.75) is 32.8 Å². The minimum absolute atomic E-state index is 0.0921. The van der Waals surface area contributed by atoms with E-state index in [4.69, 9.17) is 15.2 Å². The number of nitrogens with two attached hydrogens (primary N) is 1. The largest absolute Gasteiger partial charge is 0.490 e. The predicted molar refractivity (Wildman–Crippen MR) is 77.7 cm³/mol. The number of nitrogens with zero attached hydrogens (tertiary/aromatic N) is 1. The maximum absolute atomic E-state index is 13.7. The van der Waals surface area contributed by atoms with Gasteiger partial charge in [-0.3, -0.25) is 4.90 Å². The van der Waals surface area contributed by atoms with Gasteiger partial charge in [-0.25, -0.2) is 4.39 Å². The lowest BCUT2D eigenvalue weighted by molar-refractivity contribution is 0.223. The Morgan fingerprint density at radius 2 is 1.95 bits per heavy atom. The molecule has 0 atom stereocenters. The van der Waals surface area contributed by atoms with Crippen molar-refractivity contribution in [2.75, 3.05) is 32.0 Å². The monoisotopic (exact) mass is 282 g/mol. The quantitative estimate of drug-likeness (QED) is 0.815. The highest BCUT2D eigenvalue weighted by Gasteiger charge is 2.14. The van der Waals surface area contributed by atoms with E-state index in [9.17, 15) is 4.39 Å². The Labute approximate surface area is 119 Å². The van der Waals surface area contributed by atoms with E-state index >= 15 is 0 Å². The normalized spacial score (nSPS) is 15.8. The molecule has 0 bridgehead atoms. The lowest BCUT2D eigenvalue weighted by Gasteiger charge is -2.17. The number of ether oxygens (including phenoxy) is 2. The number of halogens is 1. The molecular weight excluding hydrogens is 259 g/mol. The van der Waals surface area contributed by atoms with Gasteiger partial charge in [-0.15, -0.1) is 0 Å². The van der Waals surface area contributed by atoms with Crippen LogP contribution in [0.15, 0.2) is 12.1 Å². The molecule has 0 amide bonds. The summed E-state index contributed by atoms with van der Waals surface area (Å²) < 4.78 is 24.8. The number of anilines is 1. The van der Waals surface area contributed by atoms with Gasteiger partial charge in [0.05, 0.1) is 11.8 Å². The van der Waals surface area contributed by atoms with Crippen LogP contribution >= 0.6 is 0 Å². The van der Waals surface area contributed by atoms with Gasteiger partial charge in [0.1, 0.15) is 12.4 Å². The maximum Gasteiger partial charge on any atom is 0.167 e. The first-order valence-electron chi connectivity index (χ1n) is 7.17. The lowest BCUT2D eigenvalue weighted by Crippen LogP contribution is -2.25. The smallest absolute Gasteiger partial charge is 0.167 e. The molecule has 20 heavy (non-hydrogen) atoms. The molecule has 2 rings (SSSR count). The minimum Gasteiger partial charge on any atom is -0.490 e. The average molecular weight is 282 g/mol. The van der Waals surface area contributed by atoms with Gasteiger partial charge in [0.15, 0.2) is 11.6 Å². The fourth-order valence-corrected chi connectivity index (χ4v) is 2.31. The number of benzene rings is 1. The molecule has 1 saturated heterocycles. The topological polar surface area (TPSA) is 47.7 Å². The second-order valence-corrected chi connectivity index (χ2v) is 5.38. The van der Waals surface area contributed by atoms with Crippen LogP contribution < -0.4 is 15.2 Å². The molecule has 0 aliphatic carbocycles. The molecule has 5 heteroatoms. The molecular formula is C15H23FN2O2. The van der Waals surface area contributed by atoms with Gasteiger partial charge >= 0.3 is 0 Å². The van der Waals surface area contributed by atoms with Crippen molar-refractivity contribution in [3.8, 4) is 11.5 Å². The Balaban J connectivity index is 1.95. The number of nitrogen functional groups attached to an aromatic ring is 1. The van der Waals surface area contributed by atoms with Crippen LogP contribution in [0.25, 0.3) is 0 Å². The predicted octanol–water partition coefficient (Wildman–Crippen LogP) is 2.67. The highest BCUT2D eigenvalue weighted by Crippen LogP contribution is 2.30. The van der Waals surface area contributed by atoms with Crippen molar-refractivity contribution < 1.29 is 13.9 Å². The summed E-state index contributed by atoms with van der Waals surface area (Å²) in [6, 6.07) is 2.79. The van der Waals surface area contributed by atoms with Crippen LogP contribution in [-0.4, -0.2) is 37.2 Å². The molecule has 0 spiro atoms. The summed E-state index contributed by atoms with van der Waals surface area (Å²) >= 11 is 0. The third-order valence-electron chi connectivity index (χ3n) is 3.29. The molecule has 1 fully saturated rings. The fourth-order valence-electron chi connectivity index (χ4n) is 2.31. The van der Waals surface area contributed by atoms with Gasteiger partial charge in [0, 0.05) is 18.7 Å². The molecule has 0 unspecified atom stereocenters. The van der Waals surface area contributed by atoms with Crippen LogP contribution in [0.4, 0.5) is 10.1 Å². The summed E-state index contributed by atoms with van der Waals surface area (Å²) in [4.78, 5) is 2.35.